The van der Waals surface area contributed by atoms with Crippen molar-refractivity contribution in [1.82, 2.24) is 4.72 Å². The molecule has 2 aromatic rings. The zero-order chi connectivity index (χ0) is 18.6. The lowest BCUT2D eigenvalue weighted by molar-refractivity contribution is 0.102. The Hall–Kier alpha value is -2.44. The molecule has 25 heavy (non-hydrogen) atoms. The Morgan fingerprint density at radius 3 is 2.16 bits per heavy atom. The van der Waals surface area contributed by atoms with Crippen LogP contribution < -0.4 is 10.0 Å². The lowest BCUT2D eigenvalue weighted by Crippen LogP contribution is -2.23. The lowest BCUT2D eigenvalue weighted by Gasteiger charge is -2.13. The second-order valence-electron chi connectivity index (χ2n) is 5.89. The van der Waals surface area contributed by atoms with E-state index in [0.29, 0.717) is 5.56 Å². The van der Waals surface area contributed by atoms with Crippen LogP contribution >= 0.6 is 0 Å². The van der Waals surface area contributed by atoms with Crippen LogP contribution in [0.4, 0.5) is 5.69 Å². The normalized spacial score (nSPS) is 11.2. The van der Waals surface area contributed by atoms with Gasteiger partial charge in [0, 0.05) is 17.8 Å². The molecular weight excluding hydrogens is 336 g/mol. The summed E-state index contributed by atoms with van der Waals surface area (Å²) >= 11 is 0. The first kappa shape index (κ1) is 18.9. The van der Waals surface area contributed by atoms with Gasteiger partial charge in [0.05, 0.1) is 4.90 Å². The standard InChI is InChI=1S/C19H22N2O3S/c1-5-10-20-25(23,24)17-8-6-16(7-9-17)19(22)21-18-14(3)11-13(2)12-15(18)4/h5-9,11-12,20H,1,10H2,2-4H3,(H,21,22). The van der Waals surface area contributed by atoms with Crippen molar-refractivity contribution in [3.63, 3.8) is 0 Å². The van der Waals surface area contributed by atoms with Crippen LogP contribution in [-0.2, 0) is 10.0 Å². The summed E-state index contributed by atoms with van der Waals surface area (Å²) < 4.78 is 26.4. The third-order valence-electron chi connectivity index (χ3n) is 3.76. The average Bonchev–Trinajstić information content (AvgIpc) is 2.56. The van der Waals surface area contributed by atoms with Gasteiger partial charge in [0.15, 0.2) is 0 Å². The summed E-state index contributed by atoms with van der Waals surface area (Å²) in [5, 5.41) is 2.90. The van der Waals surface area contributed by atoms with Crippen LogP contribution in [0.5, 0.6) is 0 Å². The van der Waals surface area contributed by atoms with Crippen LogP contribution in [-0.4, -0.2) is 20.9 Å². The Balaban J connectivity index is 2.20. The summed E-state index contributed by atoms with van der Waals surface area (Å²) in [5.74, 6) is -0.280. The minimum Gasteiger partial charge on any atom is -0.322 e. The van der Waals surface area contributed by atoms with Gasteiger partial charge in [-0.25, -0.2) is 13.1 Å². The minimum absolute atomic E-state index is 0.105. The summed E-state index contributed by atoms with van der Waals surface area (Å²) in [7, 11) is -3.59. The van der Waals surface area contributed by atoms with Crippen LogP contribution in [0.15, 0.2) is 53.9 Å². The predicted octanol–water partition coefficient (Wildman–Crippen LogP) is 3.33. The molecule has 2 N–H and O–H groups in total. The monoisotopic (exact) mass is 358 g/mol. The Kier molecular flexibility index (Phi) is 5.77. The van der Waals surface area contributed by atoms with Crippen molar-refractivity contribution < 1.29 is 13.2 Å². The average molecular weight is 358 g/mol. The van der Waals surface area contributed by atoms with E-state index in [1.54, 1.807) is 0 Å². The van der Waals surface area contributed by atoms with Crippen LogP contribution in [0.25, 0.3) is 0 Å². The van der Waals surface area contributed by atoms with Gasteiger partial charge in [-0.05, 0) is 56.2 Å². The molecule has 1 amide bonds. The first-order chi connectivity index (χ1) is 11.7. The fraction of sp³-hybridized carbons (Fsp3) is 0.211. The number of aryl methyl sites for hydroxylation is 3. The zero-order valence-electron chi connectivity index (χ0n) is 14.6. The smallest absolute Gasteiger partial charge is 0.255 e. The van der Waals surface area contributed by atoms with Gasteiger partial charge in [-0.2, -0.15) is 0 Å². The highest BCUT2D eigenvalue weighted by Gasteiger charge is 2.15. The molecule has 0 aliphatic carbocycles. The van der Waals surface area contributed by atoms with Gasteiger partial charge in [0.25, 0.3) is 5.91 Å². The first-order valence-corrected chi connectivity index (χ1v) is 9.32. The molecule has 0 unspecified atom stereocenters. The van der Waals surface area contributed by atoms with E-state index in [1.165, 1.54) is 30.3 Å². The highest BCUT2D eigenvalue weighted by Crippen LogP contribution is 2.23. The van der Waals surface area contributed by atoms with Gasteiger partial charge < -0.3 is 5.32 Å². The van der Waals surface area contributed by atoms with E-state index >= 15 is 0 Å². The third-order valence-corrected chi connectivity index (χ3v) is 5.20. The minimum atomic E-state index is -3.59. The summed E-state index contributed by atoms with van der Waals surface area (Å²) in [6, 6.07) is 9.82. The second kappa shape index (κ2) is 7.63. The third kappa shape index (κ3) is 4.55. The Morgan fingerprint density at radius 1 is 1.08 bits per heavy atom. The number of amides is 1. The van der Waals surface area contributed by atoms with Crippen LogP contribution in [0.1, 0.15) is 27.0 Å². The number of carbonyl (C=O) groups excluding carboxylic acids is 1. The maximum Gasteiger partial charge on any atom is 0.255 e. The molecule has 6 heteroatoms. The highest BCUT2D eigenvalue weighted by molar-refractivity contribution is 7.89. The molecule has 0 saturated heterocycles. The summed E-state index contributed by atoms with van der Waals surface area (Å²) in [6.07, 6.45) is 1.46. The van der Waals surface area contributed by atoms with E-state index in [9.17, 15) is 13.2 Å². The predicted molar refractivity (Wildman–Crippen MR) is 100 cm³/mol. The molecule has 0 spiro atoms. The molecule has 0 saturated carbocycles. The maximum atomic E-state index is 12.4. The summed E-state index contributed by atoms with van der Waals surface area (Å²) in [6.45, 7) is 9.51. The molecule has 0 radical (unpaired) electrons. The largest absolute Gasteiger partial charge is 0.322 e. The fourth-order valence-corrected chi connectivity index (χ4v) is 3.60. The van der Waals surface area contributed by atoms with Crippen molar-refractivity contribution in [2.45, 2.75) is 25.7 Å². The zero-order valence-corrected chi connectivity index (χ0v) is 15.4. The van der Waals surface area contributed by atoms with E-state index in [1.807, 2.05) is 32.9 Å². The molecule has 132 valence electrons. The number of carbonyl (C=O) groups is 1. The maximum absolute atomic E-state index is 12.4. The molecule has 0 heterocycles. The number of rotatable bonds is 6. The molecule has 0 bridgehead atoms. The van der Waals surface area contributed by atoms with E-state index in [4.69, 9.17) is 0 Å². The Bertz CT molecular complexity index is 878. The quantitative estimate of drug-likeness (QED) is 0.778. The van der Waals surface area contributed by atoms with E-state index in [2.05, 4.69) is 16.6 Å². The molecule has 5 nitrogen and oxygen atoms in total. The number of nitrogens with one attached hydrogen (secondary N) is 2. The van der Waals surface area contributed by atoms with Gasteiger partial charge in [-0.15, -0.1) is 6.58 Å². The van der Waals surface area contributed by atoms with Crippen molar-refractivity contribution in [3.05, 3.63) is 71.3 Å². The number of sulfonamides is 1. The van der Waals surface area contributed by atoms with E-state index in [0.717, 1.165) is 22.4 Å². The van der Waals surface area contributed by atoms with Gasteiger partial charge in [-0.1, -0.05) is 23.8 Å². The number of anilines is 1. The lowest BCUT2D eigenvalue weighted by atomic mass is 10.0. The van der Waals surface area contributed by atoms with Gasteiger partial charge >= 0.3 is 0 Å². The van der Waals surface area contributed by atoms with E-state index < -0.39 is 10.0 Å². The van der Waals surface area contributed by atoms with Gasteiger partial charge in [0.2, 0.25) is 10.0 Å². The molecule has 0 aliphatic heterocycles. The molecule has 2 aromatic carbocycles. The summed E-state index contributed by atoms with van der Waals surface area (Å²) in [4.78, 5) is 12.6. The summed E-state index contributed by atoms with van der Waals surface area (Å²) in [5.41, 5.74) is 4.27. The second-order valence-corrected chi connectivity index (χ2v) is 7.66. The Morgan fingerprint density at radius 2 is 1.64 bits per heavy atom. The van der Waals surface area contributed by atoms with Crippen molar-refractivity contribution in [2.75, 3.05) is 11.9 Å². The molecular formula is C19H22N2O3S. The molecule has 0 aliphatic rings. The van der Waals surface area contributed by atoms with Crippen molar-refractivity contribution in [1.29, 1.82) is 0 Å². The van der Waals surface area contributed by atoms with Crippen LogP contribution in [0, 0.1) is 20.8 Å². The fourth-order valence-electron chi connectivity index (χ4n) is 2.60. The van der Waals surface area contributed by atoms with Crippen molar-refractivity contribution in [2.24, 2.45) is 0 Å². The van der Waals surface area contributed by atoms with Gasteiger partial charge in [-0.3, -0.25) is 4.79 Å². The number of benzene rings is 2. The van der Waals surface area contributed by atoms with Crippen LogP contribution in [0.2, 0.25) is 0 Å². The molecule has 2 rings (SSSR count). The SMILES string of the molecule is C=CCNS(=O)(=O)c1ccc(C(=O)Nc2c(C)cc(C)cc2C)cc1. The molecule has 0 aromatic heterocycles. The molecule has 0 atom stereocenters. The number of hydrogen-bond acceptors (Lipinski definition) is 3. The van der Waals surface area contributed by atoms with Crippen molar-refractivity contribution >= 4 is 21.6 Å². The Labute approximate surface area is 148 Å². The molecule has 0 fully saturated rings. The van der Waals surface area contributed by atoms with Crippen LogP contribution in [0.3, 0.4) is 0 Å². The topological polar surface area (TPSA) is 75.3 Å². The van der Waals surface area contributed by atoms with Gasteiger partial charge in [0.1, 0.15) is 0 Å². The highest BCUT2D eigenvalue weighted by atomic mass is 32.2. The van der Waals surface area contributed by atoms with E-state index in [-0.39, 0.29) is 17.3 Å². The number of hydrogen-bond donors (Lipinski definition) is 2. The first-order valence-electron chi connectivity index (χ1n) is 7.84. The van der Waals surface area contributed by atoms with Crippen molar-refractivity contribution in [3.8, 4) is 0 Å².